The van der Waals surface area contributed by atoms with Gasteiger partial charge in [-0.1, -0.05) is 6.92 Å². The molecule has 1 aliphatic carbocycles. The highest BCUT2D eigenvalue weighted by Gasteiger charge is 2.57. The number of nitrogens with one attached hydrogen (secondary N) is 1. The minimum atomic E-state index is -0.754. The van der Waals surface area contributed by atoms with Crippen LogP contribution in [0.15, 0.2) is 11.4 Å². The average Bonchev–Trinajstić information content (AvgIpc) is 2.56. The van der Waals surface area contributed by atoms with E-state index in [0.29, 0.717) is 6.42 Å². The van der Waals surface area contributed by atoms with Crippen LogP contribution in [0.5, 0.6) is 0 Å². The van der Waals surface area contributed by atoms with Crippen LogP contribution in [-0.4, -0.2) is 10.5 Å². The molecule has 0 spiro atoms. The molecule has 1 heterocycles. The first-order valence-corrected chi connectivity index (χ1v) is 5.02. The maximum Gasteiger partial charge on any atom is 0.108 e. The Bertz CT molecular complexity index is 290. The first-order valence-electron chi connectivity index (χ1n) is 4.19. The van der Waals surface area contributed by atoms with Gasteiger partial charge >= 0.3 is 0 Å². The summed E-state index contributed by atoms with van der Waals surface area (Å²) in [5.74, 6) is 5.40. The molecule has 3 unspecified atom stereocenters. The zero-order chi connectivity index (χ0) is 9.47. The summed E-state index contributed by atoms with van der Waals surface area (Å²) >= 11 is 1.36. The number of hydrogen-bond donors (Lipinski definition) is 2. The van der Waals surface area contributed by atoms with Crippen LogP contribution < -0.4 is 11.3 Å². The Morgan fingerprint density at radius 3 is 3.00 bits per heavy atom. The molecule has 72 valence electrons. The molecular weight excluding hydrogens is 189 g/mol. The van der Waals surface area contributed by atoms with Gasteiger partial charge in [0, 0.05) is 10.8 Å². The topological polar surface area (TPSA) is 50.9 Å². The van der Waals surface area contributed by atoms with E-state index in [0.717, 1.165) is 5.69 Å². The third-order valence-electron chi connectivity index (χ3n) is 2.75. The van der Waals surface area contributed by atoms with Crippen LogP contribution >= 0.6 is 11.5 Å². The Labute approximate surface area is 80.3 Å². The van der Waals surface area contributed by atoms with Gasteiger partial charge in [-0.3, -0.25) is 11.3 Å². The summed E-state index contributed by atoms with van der Waals surface area (Å²) < 4.78 is 17.2. The molecule has 1 fully saturated rings. The molecule has 0 amide bonds. The van der Waals surface area contributed by atoms with Crippen LogP contribution in [0.4, 0.5) is 4.39 Å². The quantitative estimate of drug-likeness (QED) is 0.574. The summed E-state index contributed by atoms with van der Waals surface area (Å²) in [7, 11) is 0. The Morgan fingerprint density at radius 1 is 1.92 bits per heavy atom. The zero-order valence-corrected chi connectivity index (χ0v) is 8.14. The molecule has 1 aromatic rings. The van der Waals surface area contributed by atoms with E-state index in [1.807, 2.05) is 18.4 Å². The van der Waals surface area contributed by atoms with E-state index in [4.69, 9.17) is 5.84 Å². The largest absolute Gasteiger partial charge is 0.271 e. The van der Waals surface area contributed by atoms with E-state index >= 15 is 0 Å². The second kappa shape index (κ2) is 3.01. The molecule has 0 saturated heterocycles. The molecule has 1 saturated carbocycles. The summed E-state index contributed by atoms with van der Waals surface area (Å²) in [6, 6.07) is 1.72. The van der Waals surface area contributed by atoms with E-state index in [2.05, 4.69) is 9.80 Å². The van der Waals surface area contributed by atoms with Gasteiger partial charge in [-0.05, 0) is 24.0 Å². The summed E-state index contributed by atoms with van der Waals surface area (Å²) in [6.45, 7) is 1.89. The molecule has 5 heteroatoms. The van der Waals surface area contributed by atoms with Crippen molar-refractivity contribution < 1.29 is 4.39 Å². The lowest BCUT2D eigenvalue weighted by Gasteiger charge is -2.20. The third kappa shape index (κ3) is 1.37. The van der Waals surface area contributed by atoms with Crippen LogP contribution in [0.1, 0.15) is 25.1 Å². The molecule has 3 atom stereocenters. The standard InChI is InChI=1S/C8H12FN3S/c1-8(4-6(8)9)7(11-10)5-2-3-13-12-5/h2-3,6-7,11H,4,10H2,1H3. The highest BCUT2D eigenvalue weighted by atomic mass is 32.1. The number of rotatable bonds is 3. The van der Waals surface area contributed by atoms with Crippen LogP contribution in [0.25, 0.3) is 0 Å². The molecule has 3 nitrogen and oxygen atoms in total. The van der Waals surface area contributed by atoms with Gasteiger partial charge in [-0.15, -0.1) is 0 Å². The Hall–Kier alpha value is -0.520. The van der Waals surface area contributed by atoms with E-state index in [1.54, 1.807) is 0 Å². The molecule has 3 N–H and O–H groups in total. The lowest BCUT2D eigenvalue weighted by molar-refractivity contribution is 0.292. The second-order valence-electron chi connectivity index (χ2n) is 3.70. The predicted molar refractivity (Wildman–Crippen MR) is 49.8 cm³/mol. The van der Waals surface area contributed by atoms with Crippen molar-refractivity contribution in [2.45, 2.75) is 25.6 Å². The second-order valence-corrected chi connectivity index (χ2v) is 4.37. The minimum Gasteiger partial charge on any atom is -0.271 e. The molecule has 2 rings (SSSR count). The smallest absolute Gasteiger partial charge is 0.108 e. The number of nitrogens with two attached hydrogens (primary N) is 1. The van der Waals surface area contributed by atoms with Gasteiger partial charge in [-0.25, -0.2) is 4.39 Å². The summed E-state index contributed by atoms with van der Waals surface area (Å²) in [5, 5.41) is 1.87. The Kier molecular flexibility index (Phi) is 2.09. The lowest BCUT2D eigenvalue weighted by atomic mass is 9.96. The van der Waals surface area contributed by atoms with Crippen LogP contribution in [0, 0.1) is 5.41 Å². The van der Waals surface area contributed by atoms with E-state index in [1.165, 1.54) is 11.5 Å². The van der Waals surface area contributed by atoms with Gasteiger partial charge in [0.2, 0.25) is 0 Å². The van der Waals surface area contributed by atoms with Crippen molar-refractivity contribution in [1.82, 2.24) is 9.80 Å². The van der Waals surface area contributed by atoms with Gasteiger partial charge in [0.15, 0.2) is 0 Å². The number of alkyl halides is 1. The summed E-state index contributed by atoms with van der Waals surface area (Å²) in [4.78, 5) is 0. The fourth-order valence-electron chi connectivity index (χ4n) is 1.61. The first kappa shape index (κ1) is 9.05. The maximum atomic E-state index is 13.1. The average molecular weight is 201 g/mol. The highest BCUT2D eigenvalue weighted by Crippen LogP contribution is 2.56. The molecule has 1 aromatic heterocycles. The lowest BCUT2D eigenvalue weighted by Crippen LogP contribution is -2.34. The van der Waals surface area contributed by atoms with Crippen LogP contribution in [0.3, 0.4) is 0 Å². The van der Waals surface area contributed by atoms with Crippen molar-refractivity contribution in [2.24, 2.45) is 11.3 Å². The van der Waals surface area contributed by atoms with E-state index < -0.39 is 6.17 Å². The normalized spacial score (nSPS) is 34.5. The zero-order valence-electron chi connectivity index (χ0n) is 7.33. The van der Waals surface area contributed by atoms with Gasteiger partial charge in [0.1, 0.15) is 6.17 Å². The fraction of sp³-hybridized carbons (Fsp3) is 0.625. The van der Waals surface area contributed by atoms with E-state index in [-0.39, 0.29) is 11.5 Å². The van der Waals surface area contributed by atoms with Crippen molar-refractivity contribution in [2.75, 3.05) is 0 Å². The number of halogens is 1. The van der Waals surface area contributed by atoms with Gasteiger partial charge in [-0.2, -0.15) is 4.37 Å². The van der Waals surface area contributed by atoms with Crippen molar-refractivity contribution in [3.05, 3.63) is 17.1 Å². The Morgan fingerprint density at radius 2 is 2.62 bits per heavy atom. The Balaban J connectivity index is 2.20. The molecule has 0 aromatic carbocycles. The third-order valence-corrected chi connectivity index (χ3v) is 3.33. The predicted octanol–water partition coefficient (Wildman–Crippen LogP) is 1.40. The molecule has 1 aliphatic rings. The van der Waals surface area contributed by atoms with Gasteiger partial charge in [0.25, 0.3) is 0 Å². The monoisotopic (exact) mass is 201 g/mol. The first-order chi connectivity index (χ1) is 6.18. The number of aromatic nitrogens is 1. The fourth-order valence-corrected chi connectivity index (χ4v) is 2.16. The van der Waals surface area contributed by atoms with Crippen LogP contribution in [-0.2, 0) is 0 Å². The highest BCUT2D eigenvalue weighted by molar-refractivity contribution is 7.03. The van der Waals surface area contributed by atoms with E-state index in [9.17, 15) is 4.39 Å². The van der Waals surface area contributed by atoms with Crippen molar-refractivity contribution in [1.29, 1.82) is 0 Å². The number of nitrogens with zero attached hydrogens (tertiary/aromatic N) is 1. The minimum absolute atomic E-state index is 0.159. The van der Waals surface area contributed by atoms with Gasteiger partial charge in [0.05, 0.1) is 11.7 Å². The van der Waals surface area contributed by atoms with Crippen molar-refractivity contribution in [3.63, 3.8) is 0 Å². The molecule has 0 bridgehead atoms. The SMILES string of the molecule is CC1(C(NN)c2ccsn2)CC1F. The molecule has 0 radical (unpaired) electrons. The van der Waals surface area contributed by atoms with Crippen molar-refractivity contribution in [3.8, 4) is 0 Å². The van der Waals surface area contributed by atoms with Crippen molar-refractivity contribution >= 4 is 11.5 Å². The number of hydrogen-bond acceptors (Lipinski definition) is 4. The number of hydrazine groups is 1. The summed E-state index contributed by atoms with van der Waals surface area (Å²) in [5.41, 5.74) is 3.13. The molecule has 13 heavy (non-hydrogen) atoms. The molecular formula is C8H12FN3S. The van der Waals surface area contributed by atoms with Crippen LogP contribution in [0.2, 0.25) is 0 Å². The molecule has 0 aliphatic heterocycles. The summed E-state index contributed by atoms with van der Waals surface area (Å²) in [6.07, 6.45) is -0.186. The van der Waals surface area contributed by atoms with Gasteiger partial charge < -0.3 is 0 Å². The maximum absolute atomic E-state index is 13.1.